The van der Waals surface area contributed by atoms with Crippen LogP contribution in [-0.4, -0.2) is 34.8 Å². The molecule has 26 heavy (non-hydrogen) atoms. The highest BCUT2D eigenvalue weighted by molar-refractivity contribution is 7.88. The Labute approximate surface area is 151 Å². The van der Waals surface area contributed by atoms with Crippen LogP contribution in [0.15, 0.2) is 18.2 Å². The maximum Gasteiger partial charge on any atom is 0.534 e. The van der Waals surface area contributed by atoms with E-state index in [9.17, 15) is 26.4 Å². The molecule has 1 rings (SSSR count). The Bertz CT molecular complexity index is 754. The highest BCUT2D eigenvalue weighted by Gasteiger charge is 2.49. The van der Waals surface area contributed by atoms with E-state index in [0.29, 0.717) is 0 Å². The van der Waals surface area contributed by atoms with Gasteiger partial charge in [-0.3, -0.25) is 0 Å². The Morgan fingerprint density at radius 2 is 1.77 bits per heavy atom. The molecule has 0 spiro atoms. The molecule has 0 bridgehead atoms. The van der Waals surface area contributed by atoms with E-state index in [1.54, 1.807) is 33.5 Å². The first-order valence-electron chi connectivity index (χ1n) is 7.64. The zero-order valence-electron chi connectivity index (χ0n) is 15.0. The molecule has 0 radical (unpaired) electrons. The van der Waals surface area contributed by atoms with Crippen molar-refractivity contribution in [3.05, 3.63) is 18.2 Å². The topological polar surface area (TPSA) is 78.9 Å². The monoisotopic (exact) mass is 414 g/mol. The molecule has 0 amide bonds. The molecule has 1 aromatic carbocycles. The number of hydrogen-bond donors (Lipinski definition) is 0. The summed E-state index contributed by atoms with van der Waals surface area (Å²) in [4.78, 5) is 11.7. The molecule has 6 nitrogen and oxygen atoms in total. The van der Waals surface area contributed by atoms with Gasteiger partial charge in [-0.15, -0.1) is 0 Å². The van der Waals surface area contributed by atoms with Crippen LogP contribution in [0.3, 0.4) is 0 Å². The maximum absolute atomic E-state index is 12.7. The summed E-state index contributed by atoms with van der Waals surface area (Å²) in [5.74, 6) is -1.09. The highest BCUT2D eigenvalue weighted by Crippen LogP contribution is 2.33. The summed E-state index contributed by atoms with van der Waals surface area (Å²) in [6, 6.07) is 4.02. The lowest BCUT2D eigenvalue weighted by Gasteiger charge is -2.22. The molecule has 0 aliphatic carbocycles. The van der Waals surface area contributed by atoms with Crippen LogP contribution in [0.25, 0.3) is 0 Å². The van der Waals surface area contributed by atoms with E-state index < -0.39 is 41.4 Å². The van der Waals surface area contributed by atoms with Crippen LogP contribution < -0.4 is 14.1 Å². The third-order valence-electron chi connectivity index (χ3n) is 2.99. The third kappa shape index (κ3) is 5.90. The summed E-state index contributed by atoms with van der Waals surface area (Å²) < 4.78 is 75.1. The van der Waals surface area contributed by atoms with Crippen LogP contribution >= 0.6 is 0 Å². The van der Waals surface area contributed by atoms with Crippen LogP contribution in [0.1, 0.15) is 13.8 Å². The fraction of sp³-hybridized carbons (Fsp3) is 0.533. The molecule has 11 heteroatoms. The second-order valence-electron chi connectivity index (χ2n) is 6.92. The minimum absolute atomic E-state index is 0.0113. The van der Waals surface area contributed by atoms with Gasteiger partial charge < -0.3 is 13.7 Å². The Morgan fingerprint density at radius 3 is 2.23 bits per heavy atom. The van der Waals surface area contributed by atoms with Gasteiger partial charge in [0.25, 0.3) is 0 Å². The van der Waals surface area contributed by atoms with E-state index in [-0.39, 0.29) is 17.7 Å². The van der Waals surface area contributed by atoms with Gasteiger partial charge in [-0.05, 0) is 17.2 Å². The second kappa shape index (κ2) is 7.87. The summed E-state index contributed by atoms with van der Waals surface area (Å²) >= 11 is 0. The van der Waals surface area contributed by atoms with Gasteiger partial charge in [0.1, 0.15) is 0 Å². The second-order valence-corrected chi connectivity index (χ2v) is 13.5. The normalized spacial score (nSPS) is 12.8. The van der Waals surface area contributed by atoms with Crippen molar-refractivity contribution in [2.45, 2.75) is 39.0 Å². The van der Waals surface area contributed by atoms with Gasteiger partial charge in [-0.2, -0.15) is 21.6 Å². The minimum Gasteiger partial charge on any atom is -0.434 e. The Balaban J connectivity index is 3.33. The van der Waals surface area contributed by atoms with E-state index in [1.807, 2.05) is 0 Å². The molecule has 0 atom stereocenters. The molecule has 0 fully saturated rings. The van der Waals surface area contributed by atoms with Gasteiger partial charge in [0, 0.05) is 0 Å². The molecule has 0 aliphatic heterocycles. The fourth-order valence-electron chi connectivity index (χ4n) is 1.78. The molecular weight excluding hydrogens is 393 g/mol. The number of rotatable bonds is 6. The Hall–Kier alpha value is -1.75. The molecule has 0 unspecified atom stereocenters. The number of alkyl halides is 3. The first-order chi connectivity index (χ1) is 11.6. The van der Waals surface area contributed by atoms with Gasteiger partial charge in [0.2, 0.25) is 0 Å². The smallest absolute Gasteiger partial charge is 0.434 e. The van der Waals surface area contributed by atoms with Crippen LogP contribution in [0.5, 0.6) is 11.5 Å². The van der Waals surface area contributed by atoms with Crippen molar-refractivity contribution in [2.24, 2.45) is 5.92 Å². The van der Waals surface area contributed by atoms with Gasteiger partial charge in [0.05, 0.1) is 14.7 Å². The first kappa shape index (κ1) is 22.3. The van der Waals surface area contributed by atoms with Crippen molar-refractivity contribution < 1.29 is 40.0 Å². The minimum atomic E-state index is -5.93. The van der Waals surface area contributed by atoms with Crippen LogP contribution in [0.4, 0.5) is 18.0 Å². The van der Waals surface area contributed by atoms with Gasteiger partial charge in [-0.25, -0.2) is 4.79 Å². The zero-order chi connectivity index (χ0) is 20.3. The Kier molecular flexibility index (Phi) is 6.74. The van der Waals surface area contributed by atoms with Crippen molar-refractivity contribution in [1.82, 2.24) is 0 Å². The largest absolute Gasteiger partial charge is 0.534 e. The SMILES string of the molecule is CC(C)COC(=O)Oc1cccc([Si](C)(C)C)c1OS(=O)(=O)C(F)(F)F. The van der Waals surface area contributed by atoms with Crippen molar-refractivity contribution in [3.63, 3.8) is 0 Å². The summed E-state index contributed by atoms with van der Waals surface area (Å²) in [6.07, 6.45) is -1.17. The lowest BCUT2D eigenvalue weighted by Crippen LogP contribution is -2.40. The number of carbonyl (C=O) groups is 1. The highest BCUT2D eigenvalue weighted by atomic mass is 32.2. The summed E-state index contributed by atoms with van der Waals surface area (Å²) in [5, 5.41) is 0.250. The molecule has 0 saturated heterocycles. The van der Waals surface area contributed by atoms with E-state index in [2.05, 4.69) is 4.18 Å². The van der Waals surface area contributed by atoms with Crippen LogP contribution in [0, 0.1) is 5.92 Å². The van der Waals surface area contributed by atoms with Crippen molar-refractivity contribution in [1.29, 1.82) is 0 Å². The molecule has 148 valence electrons. The molecular formula is C15H21F3O6SSi. The van der Waals surface area contributed by atoms with Crippen molar-refractivity contribution in [2.75, 3.05) is 6.61 Å². The summed E-state index contributed by atoms with van der Waals surface area (Å²) in [7, 11) is -8.27. The van der Waals surface area contributed by atoms with Gasteiger partial charge >= 0.3 is 21.8 Å². The predicted octanol–water partition coefficient (Wildman–Crippen LogP) is 3.63. The van der Waals surface area contributed by atoms with E-state index in [0.717, 1.165) is 6.07 Å². The zero-order valence-corrected chi connectivity index (χ0v) is 16.8. The molecule has 0 N–H and O–H groups in total. The predicted molar refractivity (Wildman–Crippen MR) is 91.8 cm³/mol. The average molecular weight is 414 g/mol. The van der Waals surface area contributed by atoms with Crippen LogP contribution in [0.2, 0.25) is 19.6 Å². The number of carbonyl (C=O) groups excluding carboxylic acids is 1. The molecule has 0 aromatic heterocycles. The van der Waals surface area contributed by atoms with Crippen molar-refractivity contribution in [3.8, 4) is 11.5 Å². The molecule has 0 aliphatic rings. The molecule has 0 heterocycles. The van der Waals surface area contributed by atoms with Crippen molar-refractivity contribution >= 4 is 29.5 Å². The first-order valence-corrected chi connectivity index (χ1v) is 12.5. The standard InChI is InChI=1S/C15H21F3O6SSi/c1-10(2)9-22-14(19)23-11-7-6-8-12(26(3,4)5)13(11)24-25(20,21)15(16,17)18/h6-8,10H,9H2,1-5H3. The third-order valence-corrected chi connectivity index (χ3v) is 5.95. The lowest BCUT2D eigenvalue weighted by atomic mass is 10.2. The summed E-state index contributed by atoms with van der Waals surface area (Å²) in [5.41, 5.74) is -5.62. The quantitative estimate of drug-likeness (QED) is 0.233. The average Bonchev–Trinajstić information content (AvgIpc) is 2.44. The van der Waals surface area contributed by atoms with E-state index in [1.165, 1.54) is 12.1 Å². The molecule has 0 saturated carbocycles. The summed E-state index contributed by atoms with van der Waals surface area (Å²) in [6.45, 7) is 8.92. The fourth-order valence-corrected chi connectivity index (χ4v) is 3.80. The number of hydrogen-bond acceptors (Lipinski definition) is 6. The number of halogens is 3. The lowest BCUT2D eigenvalue weighted by molar-refractivity contribution is -0.0500. The van der Waals surface area contributed by atoms with E-state index in [4.69, 9.17) is 9.47 Å². The number of para-hydroxylation sites is 1. The Morgan fingerprint density at radius 1 is 1.19 bits per heavy atom. The molecule has 1 aromatic rings. The van der Waals surface area contributed by atoms with Crippen LogP contribution in [-0.2, 0) is 14.9 Å². The van der Waals surface area contributed by atoms with Gasteiger partial charge in [-0.1, -0.05) is 45.6 Å². The van der Waals surface area contributed by atoms with Gasteiger partial charge in [0.15, 0.2) is 11.5 Å². The maximum atomic E-state index is 12.7. The number of ether oxygens (including phenoxy) is 2. The number of benzene rings is 1. The van der Waals surface area contributed by atoms with E-state index >= 15 is 0 Å².